The van der Waals surface area contributed by atoms with Gasteiger partial charge in [-0.05, 0) is 19.1 Å². The first-order valence-electron chi connectivity index (χ1n) is 6.43. The minimum atomic E-state index is 0.444. The lowest BCUT2D eigenvalue weighted by Crippen LogP contribution is -2.35. The van der Waals surface area contributed by atoms with Gasteiger partial charge in [-0.1, -0.05) is 24.4 Å². The maximum Gasteiger partial charge on any atom is 0.255 e. The summed E-state index contributed by atoms with van der Waals surface area (Å²) in [6.45, 7) is 0. The lowest BCUT2D eigenvalue weighted by atomic mass is 9.95. The van der Waals surface area contributed by atoms with E-state index in [1.165, 1.54) is 32.0 Å². The van der Waals surface area contributed by atoms with Crippen LogP contribution in [0.3, 0.4) is 0 Å². The van der Waals surface area contributed by atoms with Crippen molar-refractivity contribution in [3.63, 3.8) is 0 Å². The van der Waals surface area contributed by atoms with Crippen LogP contribution in [0.4, 0.5) is 5.82 Å². The highest BCUT2D eigenvalue weighted by molar-refractivity contribution is 7.99. The molecule has 0 radical (unpaired) electrons. The van der Waals surface area contributed by atoms with Crippen LogP contribution < -0.4 is 5.32 Å². The Hall–Kier alpha value is -1.01. The largest absolute Gasteiger partial charge is 0.366 e. The van der Waals surface area contributed by atoms with Gasteiger partial charge in [-0.2, -0.15) is 31.3 Å². The van der Waals surface area contributed by atoms with E-state index in [0.29, 0.717) is 22.2 Å². The molecule has 5 nitrogen and oxygen atoms in total. The first-order chi connectivity index (χ1) is 9.28. The summed E-state index contributed by atoms with van der Waals surface area (Å²) < 4.78 is 1.71. The summed E-state index contributed by atoms with van der Waals surface area (Å²) in [5, 5.41) is 8.84. The number of aromatic nitrogens is 4. The Labute approximate surface area is 121 Å². The minimum Gasteiger partial charge on any atom is -0.366 e. The Balaban J connectivity index is 1.89. The van der Waals surface area contributed by atoms with Gasteiger partial charge in [-0.25, -0.2) is 0 Å². The number of hydrogen-bond donors (Lipinski definition) is 1. The number of rotatable bonds is 3. The summed E-state index contributed by atoms with van der Waals surface area (Å²) in [7, 11) is 0. The molecule has 0 aliphatic heterocycles. The summed E-state index contributed by atoms with van der Waals surface area (Å²) in [6, 6.07) is 2.27. The van der Waals surface area contributed by atoms with Gasteiger partial charge < -0.3 is 5.32 Å². The molecule has 0 saturated heterocycles. The van der Waals surface area contributed by atoms with Gasteiger partial charge in [0, 0.05) is 17.4 Å². The maximum absolute atomic E-state index is 6.03. The molecule has 0 spiro atoms. The zero-order chi connectivity index (χ0) is 13.2. The van der Waals surface area contributed by atoms with Crippen LogP contribution in [0.15, 0.2) is 12.4 Å². The third kappa shape index (κ3) is 2.65. The zero-order valence-electron chi connectivity index (χ0n) is 10.7. The topological polar surface area (TPSA) is 55.1 Å². The summed E-state index contributed by atoms with van der Waals surface area (Å²) in [4.78, 5) is 8.22. The fraction of sp³-hybridized carbons (Fsp3) is 0.583. The van der Waals surface area contributed by atoms with Crippen LogP contribution in [0.5, 0.6) is 0 Å². The molecular formula is C12H16ClN5S. The third-order valence-corrected chi connectivity index (χ3v) is 4.92. The van der Waals surface area contributed by atoms with Gasteiger partial charge in [0.1, 0.15) is 17.3 Å². The molecule has 7 heteroatoms. The van der Waals surface area contributed by atoms with E-state index < -0.39 is 0 Å². The molecule has 2 atom stereocenters. The van der Waals surface area contributed by atoms with E-state index in [1.54, 1.807) is 4.52 Å². The van der Waals surface area contributed by atoms with Crippen molar-refractivity contribution in [3.05, 3.63) is 17.5 Å². The molecule has 3 rings (SSSR count). The van der Waals surface area contributed by atoms with Crippen LogP contribution in [0, 0.1) is 0 Å². The summed E-state index contributed by atoms with van der Waals surface area (Å²) >= 11 is 7.96. The predicted octanol–water partition coefficient (Wildman–Crippen LogP) is 2.86. The number of anilines is 1. The molecule has 2 heterocycles. The molecular weight excluding hydrogens is 282 g/mol. The lowest BCUT2D eigenvalue weighted by Gasteiger charge is -2.31. The molecule has 2 aromatic rings. The molecule has 2 aromatic heterocycles. The van der Waals surface area contributed by atoms with E-state index in [1.807, 2.05) is 17.8 Å². The fourth-order valence-electron chi connectivity index (χ4n) is 2.62. The maximum atomic E-state index is 6.03. The van der Waals surface area contributed by atoms with E-state index in [9.17, 15) is 0 Å². The Morgan fingerprint density at radius 1 is 1.42 bits per heavy atom. The van der Waals surface area contributed by atoms with Gasteiger partial charge in [0.2, 0.25) is 0 Å². The number of halogens is 1. The predicted molar refractivity (Wildman–Crippen MR) is 79.0 cm³/mol. The highest BCUT2D eigenvalue weighted by atomic mass is 35.5. The van der Waals surface area contributed by atoms with Gasteiger partial charge in [0.25, 0.3) is 5.78 Å². The van der Waals surface area contributed by atoms with Crippen molar-refractivity contribution in [2.24, 2.45) is 0 Å². The highest BCUT2D eigenvalue weighted by Gasteiger charge is 2.25. The van der Waals surface area contributed by atoms with Crippen molar-refractivity contribution in [1.82, 2.24) is 19.6 Å². The quantitative estimate of drug-likeness (QED) is 0.883. The molecule has 102 valence electrons. The van der Waals surface area contributed by atoms with Crippen LogP contribution in [0.2, 0.25) is 5.15 Å². The molecule has 1 fully saturated rings. The van der Waals surface area contributed by atoms with Gasteiger partial charge in [-0.15, -0.1) is 0 Å². The Morgan fingerprint density at radius 2 is 2.26 bits per heavy atom. The van der Waals surface area contributed by atoms with E-state index >= 15 is 0 Å². The molecule has 1 N–H and O–H groups in total. The second-order valence-corrected chi connectivity index (χ2v) is 6.21. The van der Waals surface area contributed by atoms with Crippen LogP contribution in [0.25, 0.3) is 5.78 Å². The molecule has 1 saturated carbocycles. The second kappa shape index (κ2) is 5.54. The van der Waals surface area contributed by atoms with Crippen molar-refractivity contribution in [3.8, 4) is 0 Å². The van der Waals surface area contributed by atoms with Gasteiger partial charge >= 0.3 is 0 Å². The van der Waals surface area contributed by atoms with Crippen LogP contribution >= 0.6 is 23.4 Å². The lowest BCUT2D eigenvalue weighted by molar-refractivity contribution is 0.473. The standard InChI is InChI=1S/C12H16ClN5S/c1-19-9-5-3-2-4-8(9)16-11-6-10(13)17-12-14-7-15-18(11)12/h6-9,16H,2-5H2,1H3. The zero-order valence-corrected chi connectivity index (χ0v) is 12.3. The Morgan fingerprint density at radius 3 is 3.11 bits per heavy atom. The summed E-state index contributed by atoms with van der Waals surface area (Å²) in [5.74, 6) is 1.41. The number of thioether (sulfide) groups is 1. The molecule has 1 aliphatic rings. The van der Waals surface area contributed by atoms with Crippen molar-refractivity contribution in [2.75, 3.05) is 11.6 Å². The average Bonchev–Trinajstić information content (AvgIpc) is 2.87. The van der Waals surface area contributed by atoms with Crippen LogP contribution in [0.1, 0.15) is 25.7 Å². The van der Waals surface area contributed by atoms with Gasteiger partial charge in [0.05, 0.1) is 0 Å². The smallest absolute Gasteiger partial charge is 0.255 e. The van der Waals surface area contributed by atoms with Crippen molar-refractivity contribution in [1.29, 1.82) is 0 Å². The number of hydrogen-bond acceptors (Lipinski definition) is 5. The molecule has 0 aromatic carbocycles. The number of fused-ring (bicyclic) bond motifs is 1. The van der Waals surface area contributed by atoms with Crippen molar-refractivity contribution < 1.29 is 0 Å². The first kappa shape index (κ1) is 13.0. The number of nitrogens with one attached hydrogen (secondary N) is 1. The van der Waals surface area contributed by atoms with Gasteiger partial charge in [-0.3, -0.25) is 0 Å². The van der Waals surface area contributed by atoms with Crippen LogP contribution in [-0.2, 0) is 0 Å². The number of nitrogens with zero attached hydrogens (tertiary/aromatic N) is 4. The fourth-order valence-corrected chi connectivity index (χ4v) is 3.73. The van der Waals surface area contributed by atoms with Crippen molar-refractivity contribution >= 4 is 35.0 Å². The normalized spacial score (nSPS) is 23.7. The Bertz CT molecular complexity index is 572. The molecule has 19 heavy (non-hydrogen) atoms. The average molecular weight is 298 g/mol. The molecule has 2 unspecified atom stereocenters. The minimum absolute atomic E-state index is 0.444. The monoisotopic (exact) mass is 297 g/mol. The van der Waals surface area contributed by atoms with E-state index in [4.69, 9.17) is 11.6 Å². The van der Waals surface area contributed by atoms with E-state index in [-0.39, 0.29) is 0 Å². The van der Waals surface area contributed by atoms with Gasteiger partial charge in [0.15, 0.2) is 0 Å². The second-order valence-electron chi connectivity index (χ2n) is 4.75. The first-order valence-corrected chi connectivity index (χ1v) is 8.10. The van der Waals surface area contributed by atoms with E-state index in [2.05, 4.69) is 26.6 Å². The van der Waals surface area contributed by atoms with E-state index in [0.717, 1.165) is 5.82 Å². The summed E-state index contributed by atoms with van der Waals surface area (Å²) in [6.07, 6.45) is 8.71. The van der Waals surface area contributed by atoms with Crippen LogP contribution in [-0.4, -0.2) is 37.1 Å². The molecule has 1 aliphatic carbocycles. The molecule has 0 amide bonds. The highest BCUT2D eigenvalue weighted by Crippen LogP contribution is 2.29. The summed E-state index contributed by atoms with van der Waals surface area (Å²) in [5.41, 5.74) is 0. The van der Waals surface area contributed by atoms with Crippen molar-refractivity contribution in [2.45, 2.75) is 37.0 Å². The Kier molecular flexibility index (Phi) is 3.79. The molecule has 0 bridgehead atoms. The third-order valence-electron chi connectivity index (χ3n) is 3.56. The SMILES string of the molecule is CSC1CCCCC1Nc1cc(Cl)nc2ncnn12.